The maximum Gasteiger partial charge on any atom is 0.244 e. The summed E-state index contributed by atoms with van der Waals surface area (Å²) in [5.41, 5.74) is 5.76. The number of carbonyl (C=O) groups is 2. The van der Waals surface area contributed by atoms with Gasteiger partial charge in [-0.1, -0.05) is 44.2 Å². The lowest BCUT2D eigenvalue weighted by Crippen LogP contribution is -2.38. The molecule has 0 saturated heterocycles. The van der Waals surface area contributed by atoms with E-state index in [0.29, 0.717) is 0 Å². The molecular formula is C22H28N2O2. The fraction of sp³-hybridized carbons (Fsp3) is 0.364. The quantitative estimate of drug-likeness (QED) is 0.846. The molecule has 2 aromatic carbocycles. The highest BCUT2D eigenvalue weighted by molar-refractivity contribution is 6.03. The van der Waals surface area contributed by atoms with Crippen LogP contribution in [-0.4, -0.2) is 18.4 Å². The van der Waals surface area contributed by atoms with Crippen LogP contribution >= 0.6 is 0 Å². The predicted molar refractivity (Wildman–Crippen MR) is 108 cm³/mol. The number of hydrogen-bond acceptors (Lipinski definition) is 2. The molecule has 0 heterocycles. The van der Waals surface area contributed by atoms with Crippen LogP contribution in [0.25, 0.3) is 0 Å². The van der Waals surface area contributed by atoms with Gasteiger partial charge in [-0.05, 0) is 55.0 Å². The zero-order valence-electron chi connectivity index (χ0n) is 16.5. The Morgan fingerprint density at radius 3 is 2.35 bits per heavy atom. The van der Waals surface area contributed by atoms with Gasteiger partial charge < -0.3 is 10.2 Å². The fourth-order valence-electron chi connectivity index (χ4n) is 3.07. The van der Waals surface area contributed by atoms with Crippen molar-refractivity contribution in [3.05, 3.63) is 58.7 Å². The number of aryl methyl sites for hydroxylation is 3. The molecule has 0 radical (unpaired) electrons. The molecule has 4 heteroatoms. The molecule has 0 aromatic heterocycles. The van der Waals surface area contributed by atoms with Gasteiger partial charge in [0.1, 0.15) is 6.54 Å². The fourth-order valence-corrected chi connectivity index (χ4v) is 3.07. The van der Waals surface area contributed by atoms with Gasteiger partial charge >= 0.3 is 0 Å². The molecule has 0 fully saturated rings. The molecule has 0 atom stereocenters. The average Bonchev–Trinajstić information content (AvgIpc) is 2.56. The molecule has 2 rings (SSSR count). The lowest BCUT2D eigenvalue weighted by molar-refractivity contribution is -0.120. The first-order chi connectivity index (χ1) is 12.2. The highest BCUT2D eigenvalue weighted by Gasteiger charge is 2.22. The first kappa shape index (κ1) is 19.7. The molecule has 138 valence electrons. The van der Waals surface area contributed by atoms with Gasteiger partial charge in [0, 0.05) is 12.6 Å². The van der Waals surface area contributed by atoms with E-state index in [-0.39, 0.29) is 24.3 Å². The van der Waals surface area contributed by atoms with Crippen molar-refractivity contribution in [2.75, 3.05) is 16.8 Å². The van der Waals surface area contributed by atoms with Crippen molar-refractivity contribution < 1.29 is 9.59 Å². The van der Waals surface area contributed by atoms with Crippen molar-refractivity contribution in [3.8, 4) is 0 Å². The predicted octanol–water partition coefficient (Wildman–Crippen LogP) is 4.73. The normalized spacial score (nSPS) is 10.7. The number of hydrogen-bond donors (Lipinski definition) is 1. The molecule has 26 heavy (non-hydrogen) atoms. The van der Waals surface area contributed by atoms with Crippen molar-refractivity contribution in [2.24, 2.45) is 0 Å². The van der Waals surface area contributed by atoms with E-state index in [9.17, 15) is 9.59 Å². The first-order valence-corrected chi connectivity index (χ1v) is 8.95. The lowest BCUT2D eigenvalue weighted by atomic mass is 9.97. The minimum absolute atomic E-state index is 0.00666. The third kappa shape index (κ3) is 4.51. The summed E-state index contributed by atoms with van der Waals surface area (Å²) >= 11 is 0. The van der Waals surface area contributed by atoms with Gasteiger partial charge in [-0.3, -0.25) is 9.59 Å². The Kier molecular flexibility index (Phi) is 6.19. The molecule has 1 N–H and O–H groups in total. The summed E-state index contributed by atoms with van der Waals surface area (Å²) in [6, 6.07) is 11.9. The Morgan fingerprint density at radius 2 is 1.73 bits per heavy atom. The SMILES string of the molecule is CC(=O)N(CC(=O)Nc1cc(C)ccc1C)c1c(C)cccc1C(C)C. The Labute approximate surface area is 156 Å². The van der Waals surface area contributed by atoms with E-state index < -0.39 is 0 Å². The summed E-state index contributed by atoms with van der Waals surface area (Å²) in [6.45, 7) is 11.6. The van der Waals surface area contributed by atoms with E-state index in [1.54, 1.807) is 4.90 Å². The number of nitrogens with zero attached hydrogens (tertiary/aromatic N) is 1. The van der Waals surface area contributed by atoms with E-state index in [0.717, 1.165) is 33.6 Å². The minimum atomic E-state index is -0.202. The lowest BCUT2D eigenvalue weighted by Gasteiger charge is -2.27. The van der Waals surface area contributed by atoms with E-state index >= 15 is 0 Å². The number of nitrogens with one attached hydrogen (secondary N) is 1. The Morgan fingerprint density at radius 1 is 1.04 bits per heavy atom. The third-order valence-electron chi connectivity index (χ3n) is 4.51. The minimum Gasteiger partial charge on any atom is -0.324 e. The van der Waals surface area contributed by atoms with Gasteiger partial charge in [-0.2, -0.15) is 0 Å². The van der Waals surface area contributed by atoms with Crippen molar-refractivity contribution >= 4 is 23.2 Å². The summed E-state index contributed by atoms with van der Waals surface area (Å²) < 4.78 is 0. The van der Waals surface area contributed by atoms with Crippen molar-refractivity contribution in [1.29, 1.82) is 0 Å². The summed E-state index contributed by atoms with van der Waals surface area (Å²) in [7, 11) is 0. The van der Waals surface area contributed by atoms with Crippen molar-refractivity contribution in [3.63, 3.8) is 0 Å². The zero-order chi connectivity index (χ0) is 19.4. The molecular weight excluding hydrogens is 324 g/mol. The summed E-state index contributed by atoms with van der Waals surface area (Å²) in [5, 5.41) is 2.94. The number of carbonyl (C=O) groups excluding carboxylic acids is 2. The van der Waals surface area contributed by atoms with Crippen LogP contribution in [0.1, 0.15) is 48.9 Å². The zero-order valence-corrected chi connectivity index (χ0v) is 16.5. The smallest absolute Gasteiger partial charge is 0.244 e. The molecule has 0 aliphatic heterocycles. The van der Waals surface area contributed by atoms with Crippen LogP contribution in [0, 0.1) is 20.8 Å². The van der Waals surface area contributed by atoms with Crippen LogP contribution in [0.15, 0.2) is 36.4 Å². The van der Waals surface area contributed by atoms with Crippen LogP contribution in [0.3, 0.4) is 0 Å². The number of para-hydroxylation sites is 1. The second kappa shape index (κ2) is 8.17. The largest absolute Gasteiger partial charge is 0.324 e. The molecule has 2 amide bonds. The second-order valence-electron chi connectivity index (χ2n) is 7.14. The molecule has 0 bridgehead atoms. The standard InChI is InChI=1S/C22H28N2O2/c1-14(2)19-9-7-8-17(5)22(19)24(18(6)25)13-21(26)23-20-12-15(3)10-11-16(20)4/h7-12,14H,13H2,1-6H3,(H,23,26). The van der Waals surface area contributed by atoms with Gasteiger partial charge in [0.2, 0.25) is 11.8 Å². The second-order valence-corrected chi connectivity index (χ2v) is 7.14. The molecule has 2 aromatic rings. The van der Waals surface area contributed by atoms with E-state index in [1.165, 1.54) is 6.92 Å². The molecule has 0 spiro atoms. The number of anilines is 2. The Bertz CT molecular complexity index is 825. The molecule has 0 unspecified atom stereocenters. The number of rotatable bonds is 5. The van der Waals surface area contributed by atoms with Gasteiger partial charge in [0.05, 0.1) is 5.69 Å². The van der Waals surface area contributed by atoms with Gasteiger partial charge in [0.15, 0.2) is 0 Å². The first-order valence-electron chi connectivity index (χ1n) is 8.95. The van der Waals surface area contributed by atoms with Crippen LogP contribution in [0.2, 0.25) is 0 Å². The highest BCUT2D eigenvalue weighted by Crippen LogP contribution is 2.31. The topological polar surface area (TPSA) is 49.4 Å². The molecule has 0 saturated carbocycles. The Balaban J connectivity index is 2.31. The summed E-state index contributed by atoms with van der Waals surface area (Å²) in [4.78, 5) is 26.6. The van der Waals surface area contributed by atoms with Crippen LogP contribution in [0.4, 0.5) is 11.4 Å². The molecule has 4 nitrogen and oxygen atoms in total. The van der Waals surface area contributed by atoms with E-state index in [4.69, 9.17) is 0 Å². The number of benzene rings is 2. The summed E-state index contributed by atoms with van der Waals surface area (Å²) in [5.74, 6) is -0.0852. The third-order valence-corrected chi connectivity index (χ3v) is 4.51. The molecule has 0 aliphatic carbocycles. The van der Waals surface area contributed by atoms with Gasteiger partial charge in [-0.15, -0.1) is 0 Å². The van der Waals surface area contributed by atoms with Crippen molar-refractivity contribution in [2.45, 2.75) is 47.5 Å². The molecule has 0 aliphatic rings. The van der Waals surface area contributed by atoms with E-state index in [2.05, 4.69) is 19.2 Å². The van der Waals surface area contributed by atoms with Gasteiger partial charge in [0.25, 0.3) is 0 Å². The van der Waals surface area contributed by atoms with Crippen LogP contribution < -0.4 is 10.2 Å². The van der Waals surface area contributed by atoms with Crippen LogP contribution in [-0.2, 0) is 9.59 Å². The van der Waals surface area contributed by atoms with E-state index in [1.807, 2.05) is 57.2 Å². The number of amides is 2. The van der Waals surface area contributed by atoms with Crippen molar-refractivity contribution in [1.82, 2.24) is 0 Å². The van der Waals surface area contributed by atoms with Gasteiger partial charge in [-0.25, -0.2) is 0 Å². The Hall–Kier alpha value is -2.62. The summed E-state index contributed by atoms with van der Waals surface area (Å²) in [6.07, 6.45) is 0. The van der Waals surface area contributed by atoms with Crippen LogP contribution in [0.5, 0.6) is 0 Å². The maximum atomic E-state index is 12.7. The maximum absolute atomic E-state index is 12.7. The highest BCUT2D eigenvalue weighted by atomic mass is 16.2. The monoisotopic (exact) mass is 352 g/mol. The average molecular weight is 352 g/mol.